The van der Waals surface area contributed by atoms with Gasteiger partial charge in [-0.25, -0.2) is 0 Å². The largest absolute Gasteiger partial charge is 0.496 e. The van der Waals surface area contributed by atoms with Crippen LogP contribution in [0.5, 0.6) is 5.75 Å². The third-order valence-electron chi connectivity index (χ3n) is 2.98. The predicted octanol–water partition coefficient (Wildman–Crippen LogP) is 3.21. The Morgan fingerprint density at radius 2 is 2.24 bits per heavy atom. The van der Waals surface area contributed by atoms with Gasteiger partial charge in [0.2, 0.25) is 0 Å². The maximum atomic E-state index is 11.9. The molecule has 1 fully saturated rings. The van der Waals surface area contributed by atoms with Crippen LogP contribution in [0, 0.1) is 0 Å². The van der Waals surface area contributed by atoms with Crippen LogP contribution in [0.15, 0.2) is 22.7 Å². The Kier molecular flexibility index (Phi) is 4.18. The number of benzene rings is 1. The maximum Gasteiger partial charge on any atom is 0.188 e. The van der Waals surface area contributed by atoms with E-state index in [0.717, 1.165) is 23.1 Å². The quantitative estimate of drug-likeness (QED) is 0.783. The number of rotatable bonds is 5. The lowest BCUT2D eigenvalue weighted by atomic mass is 9.96. The molecule has 0 atom stereocenters. The molecule has 17 heavy (non-hydrogen) atoms. The van der Waals surface area contributed by atoms with Crippen molar-refractivity contribution >= 4 is 21.7 Å². The Hall–Kier alpha value is -0.870. The molecule has 2 rings (SSSR count). The van der Waals surface area contributed by atoms with Gasteiger partial charge in [-0.05, 0) is 53.4 Å². The Bertz CT molecular complexity index is 413. The van der Waals surface area contributed by atoms with Gasteiger partial charge in [-0.1, -0.05) is 0 Å². The molecule has 1 aliphatic rings. The van der Waals surface area contributed by atoms with E-state index in [0.29, 0.717) is 11.7 Å². The summed E-state index contributed by atoms with van der Waals surface area (Å²) in [5, 5.41) is 0. The van der Waals surface area contributed by atoms with Crippen molar-refractivity contribution in [1.29, 1.82) is 0 Å². The van der Waals surface area contributed by atoms with Crippen LogP contribution in [0.4, 0.5) is 0 Å². The molecule has 0 aliphatic heterocycles. The van der Waals surface area contributed by atoms with Gasteiger partial charge in [-0.15, -0.1) is 0 Å². The summed E-state index contributed by atoms with van der Waals surface area (Å²) in [6.45, 7) is 0.170. The number of ether oxygens (including phenoxy) is 2. The highest BCUT2D eigenvalue weighted by atomic mass is 79.9. The summed E-state index contributed by atoms with van der Waals surface area (Å²) in [6.07, 6.45) is 3.67. The first-order valence-corrected chi connectivity index (χ1v) is 6.48. The van der Waals surface area contributed by atoms with Crippen LogP contribution in [-0.4, -0.2) is 25.6 Å². The molecule has 0 heterocycles. The lowest BCUT2D eigenvalue weighted by molar-refractivity contribution is 0.00731. The third-order valence-corrected chi connectivity index (χ3v) is 3.60. The molecule has 3 nitrogen and oxygen atoms in total. The molecule has 0 bridgehead atoms. The molecule has 0 radical (unpaired) electrons. The van der Waals surface area contributed by atoms with Gasteiger partial charge in [0, 0.05) is 5.56 Å². The molecule has 0 amide bonds. The summed E-state index contributed by atoms with van der Waals surface area (Å²) in [5.74, 6) is 0.738. The van der Waals surface area contributed by atoms with E-state index in [9.17, 15) is 4.79 Å². The molecule has 4 heteroatoms. The molecule has 0 aromatic heterocycles. The first-order chi connectivity index (χ1) is 8.20. The molecule has 0 saturated heterocycles. The summed E-state index contributed by atoms with van der Waals surface area (Å²) in [6, 6.07) is 5.31. The van der Waals surface area contributed by atoms with E-state index in [4.69, 9.17) is 9.47 Å². The van der Waals surface area contributed by atoms with Gasteiger partial charge < -0.3 is 9.47 Å². The molecule has 0 spiro atoms. The number of carbonyl (C=O) groups is 1. The second kappa shape index (κ2) is 5.65. The minimum atomic E-state index is 0.0141. The van der Waals surface area contributed by atoms with Crippen LogP contribution in [0.25, 0.3) is 0 Å². The van der Waals surface area contributed by atoms with Crippen LogP contribution in [0.2, 0.25) is 0 Å². The second-order valence-electron chi connectivity index (χ2n) is 4.14. The van der Waals surface area contributed by atoms with E-state index in [1.807, 2.05) is 0 Å². The van der Waals surface area contributed by atoms with Crippen molar-refractivity contribution in [2.45, 2.75) is 25.4 Å². The zero-order valence-electron chi connectivity index (χ0n) is 9.74. The van der Waals surface area contributed by atoms with Crippen LogP contribution >= 0.6 is 15.9 Å². The van der Waals surface area contributed by atoms with E-state index >= 15 is 0 Å². The summed E-state index contributed by atoms with van der Waals surface area (Å²) in [5.41, 5.74) is 0.650. The lowest BCUT2D eigenvalue weighted by Crippen LogP contribution is -2.24. The summed E-state index contributed by atoms with van der Waals surface area (Å²) >= 11 is 3.36. The number of Topliss-reactive ketones (excluding diaryl/α,β-unsaturated/α-hetero) is 1. The van der Waals surface area contributed by atoms with Crippen LogP contribution in [0.3, 0.4) is 0 Å². The predicted molar refractivity (Wildman–Crippen MR) is 68.6 cm³/mol. The highest BCUT2D eigenvalue weighted by Crippen LogP contribution is 2.26. The van der Waals surface area contributed by atoms with E-state index < -0.39 is 0 Å². The Morgan fingerprint density at radius 1 is 1.47 bits per heavy atom. The molecule has 0 N–H and O–H groups in total. The van der Waals surface area contributed by atoms with Gasteiger partial charge in [-0.3, -0.25) is 4.79 Å². The van der Waals surface area contributed by atoms with Crippen molar-refractivity contribution in [3.8, 4) is 5.75 Å². The molecule has 92 valence electrons. The van der Waals surface area contributed by atoms with Crippen molar-refractivity contribution in [1.82, 2.24) is 0 Å². The minimum Gasteiger partial charge on any atom is -0.496 e. The van der Waals surface area contributed by atoms with Gasteiger partial charge in [0.1, 0.15) is 12.4 Å². The zero-order valence-corrected chi connectivity index (χ0v) is 11.3. The number of methoxy groups -OCH3 is 1. The fourth-order valence-corrected chi connectivity index (χ4v) is 2.19. The average molecular weight is 299 g/mol. The normalized spacial score (nSPS) is 15.4. The first kappa shape index (κ1) is 12.6. The molecule has 1 aromatic carbocycles. The molecular formula is C13H15BrO3. The van der Waals surface area contributed by atoms with Crippen LogP contribution < -0.4 is 4.74 Å². The van der Waals surface area contributed by atoms with Gasteiger partial charge in [0.15, 0.2) is 5.78 Å². The highest BCUT2D eigenvalue weighted by Gasteiger charge is 2.19. The molecule has 0 unspecified atom stereocenters. The van der Waals surface area contributed by atoms with Crippen LogP contribution in [0.1, 0.15) is 29.6 Å². The summed E-state index contributed by atoms with van der Waals surface area (Å²) in [7, 11) is 1.60. The topological polar surface area (TPSA) is 35.5 Å². The Labute approximate surface area is 109 Å². The summed E-state index contributed by atoms with van der Waals surface area (Å²) in [4.78, 5) is 11.9. The second-order valence-corrected chi connectivity index (χ2v) is 4.99. The van der Waals surface area contributed by atoms with Crippen molar-refractivity contribution in [3.05, 3.63) is 28.2 Å². The van der Waals surface area contributed by atoms with Gasteiger partial charge in [0.25, 0.3) is 0 Å². The smallest absolute Gasteiger partial charge is 0.188 e. The van der Waals surface area contributed by atoms with E-state index in [2.05, 4.69) is 15.9 Å². The number of hydrogen-bond acceptors (Lipinski definition) is 3. The van der Waals surface area contributed by atoms with Crippen molar-refractivity contribution in [3.63, 3.8) is 0 Å². The minimum absolute atomic E-state index is 0.0141. The Morgan fingerprint density at radius 3 is 2.76 bits per heavy atom. The number of hydrogen-bond donors (Lipinski definition) is 0. The lowest BCUT2D eigenvalue weighted by Gasteiger charge is -2.25. The molecule has 1 aromatic rings. The number of carbonyl (C=O) groups excluding carboxylic acids is 1. The van der Waals surface area contributed by atoms with Crippen molar-refractivity contribution in [2.75, 3.05) is 13.7 Å². The van der Waals surface area contributed by atoms with Gasteiger partial charge >= 0.3 is 0 Å². The maximum absolute atomic E-state index is 11.9. The highest BCUT2D eigenvalue weighted by molar-refractivity contribution is 9.10. The number of halogens is 1. The third kappa shape index (κ3) is 3.07. The fraction of sp³-hybridized carbons (Fsp3) is 0.462. The van der Waals surface area contributed by atoms with E-state index in [-0.39, 0.29) is 12.4 Å². The van der Waals surface area contributed by atoms with Gasteiger partial charge in [-0.2, -0.15) is 0 Å². The van der Waals surface area contributed by atoms with Crippen molar-refractivity contribution in [2.24, 2.45) is 0 Å². The monoisotopic (exact) mass is 298 g/mol. The standard InChI is InChI=1S/C13H15BrO3/c1-16-13-6-5-9(7-11(13)14)12(15)8-17-10-3-2-4-10/h5-7,10H,2-4,8H2,1H3. The van der Waals surface area contributed by atoms with E-state index in [1.165, 1.54) is 6.42 Å². The number of ketones is 1. The van der Waals surface area contributed by atoms with Crippen LogP contribution in [-0.2, 0) is 4.74 Å². The fourth-order valence-electron chi connectivity index (χ4n) is 1.65. The first-order valence-electron chi connectivity index (χ1n) is 5.69. The Balaban J connectivity index is 1.95. The molecule has 1 aliphatic carbocycles. The summed E-state index contributed by atoms with van der Waals surface area (Å²) < 4.78 is 11.4. The molecule has 1 saturated carbocycles. The zero-order chi connectivity index (χ0) is 12.3. The average Bonchev–Trinajstić information content (AvgIpc) is 2.26. The van der Waals surface area contributed by atoms with Gasteiger partial charge in [0.05, 0.1) is 17.7 Å². The SMILES string of the molecule is COc1ccc(C(=O)COC2CCC2)cc1Br. The van der Waals surface area contributed by atoms with Crippen molar-refractivity contribution < 1.29 is 14.3 Å². The van der Waals surface area contributed by atoms with E-state index in [1.54, 1.807) is 25.3 Å². The molecular weight excluding hydrogens is 284 g/mol.